The van der Waals surface area contributed by atoms with E-state index in [1.54, 1.807) is 4.90 Å². The zero-order chi connectivity index (χ0) is 22.1. The summed E-state index contributed by atoms with van der Waals surface area (Å²) in [4.78, 5) is 34.6. The molecular formula is C25H26BrN3O3. The van der Waals surface area contributed by atoms with Gasteiger partial charge in [0.1, 0.15) is 12.6 Å². The highest BCUT2D eigenvalue weighted by Crippen LogP contribution is 2.33. The van der Waals surface area contributed by atoms with E-state index in [1.807, 2.05) is 48.5 Å². The van der Waals surface area contributed by atoms with Crippen molar-refractivity contribution >= 4 is 33.5 Å². The maximum Gasteiger partial charge on any atom is 0.255 e. The predicted octanol–water partition coefficient (Wildman–Crippen LogP) is 4.45. The summed E-state index contributed by atoms with van der Waals surface area (Å²) in [5.74, 6) is -0.336. The van der Waals surface area contributed by atoms with Crippen molar-refractivity contribution in [1.29, 1.82) is 0 Å². The average Bonchev–Trinajstić information content (AvgIpc) is 3.24. The predicted molar refractivity (Wildman–Crippen MR) is 125 cm³/mol. The van der Waals surface area contributed by atoms with Gasteiger partial charge in [-0.2, -0.15) is 0 Å². The van der Waals surface area contributed by atoms with Crippen LogP contribution < -0.4 is 5.32 Å². The lowest BCUT2D eigenvalue weighted by atomic mass is 9.94. The molecule has 32 heavy (non-hydrogen) atoms. The van der Waals surface area contributed by atoms with E-state index in [9.17, 15) is 9.59 Å². The second kappa shape index (κ2) is 9.06. The van der Waals surface area contributed by atoms with Crippen molar-refractivity contribution in [3.63, 3.8) is 0 Å². The first-order chi connectivity index (χ1) is 15.6. The molecule has 1 N–H and O–H groups in total. The molecule has 7 heteroatoms. The molecule has 1 fully saturated rings. The maximum atomic E-state index is 13.8. The van der Waals surface area contributed by atoms with E-state index in [-0.39, 0.29) is 23.8 Å². The first-order valence-electron chi connectivity index (χ1n) is 11.3. The third kappa shape index (κ3) is 4.06. The summed E-state index contributed by atoms with van der Waals surface area (Å²) in [7, 11) is 0. The third-order valence-electron chi connectivity index (χ3n) is 6.63. The van der Waals surface area contributed by atoms with Gasteiger partial charge >= 0.3 is 0 Å². The highest BCUT2D eigenvalue weighted by atomic mass is 79.9. The SMILES string of the molecule is O=C(NC1CCCCC1)C(c1ccc(Br)cc1)N1CC2CON=C2c2ccccc2C1=O. The molecule has 0 bridgehead atoms. The number of amides is 2. The van der Waals surface area contributed by atoms with Gasteiger partial charge in [0.2, 0.25) is 5.91 Å². The number of nitrogens with zero attached hydrogens (tertiary/aromatic N) is 2. The second-order valence-electron chi connectivity index (χ2n) is 8.77. The van der Waals surface area contributed by atoms with Crippen molar-refractivity contribution in [2.45, 2.75) is 44.2 Å². The van der Waals surface area contributed by atoms with E-state index < -0.39 is 6.04 Å². The molecule has 2 atom stereocenters. The molecule has 0 radical (unpaired) electrons. The standard InChI is InChI=1S/C25H26BrN3O3/c26-18-12-10-16(11-13-18)23(24(30)27-19-6-2-1-3-7-19)29-14-17-15-32-28-22(17)20-8-4-5-9-21(20)25(29)31/h4-5,8-13,17,19,23H,1-3,6-7,14-15H2,(H,27,30). The molecule has 3 aliphatic rings. The number of hydrogen-bond acceptors (Lipinski definition) is 4. The van der Waals surface area contributed by atoms with Crippen LogP contribution in [0, 0.1) is 5.92 Å². The Morgan fingerprint density at radius 1 is 1.06 bits per heavy atom. The first kappa shape index (κ1) is 21.2. The Kier molecular flexibility index (Phi) is 6.00. The zero-order valence-corrected chi connectivity index (χ0v) is 19.4. The van der Waals surface area contributed by atoms with Crippen LogP contribution in [0.4, 0.5) is 0 Å². The summed E-state index contributed by atoms with van der Waals surface area (Å²) >= 11 is 3.48. The number of nitrogens with one attached hydrogen (secondary N) is 1. The molecule has 5 rings (SSSR count). The molecule has 2 aromatic carbocycles. The van der Waals surface area contributed by atoms with E-state index >= 15 is 0 Å². The monoisotopic (exact) mass is 495 g/mol. The van der Waals surface area contributed by atoms with Crippen molar-refractivity contribution in [2.75, 3.05) is 13.2 Å². The van der Waals surface area contributed by atoms with E-state index in [0.29, 0.717) is 18.7 Å². The Bertz CT molecular complexity index is 1050. The van der Waals surface area contributed by atoms with Gasteiger partial charge in [-0.1, -0.05) is 70.7 Å². The maximum absolute atomic E-state index is 13.8. The summed E-state index contributed by atoms with van der Waals surface area (Å²) < 4.78 is 0.929. The second-order valence-corrected chi connectivity index (χ2v) is 9.69. The molecule has 0 spiro atoms. The van der Waals surface area contributed by atoms with E-state index in [0.717, 1.165) is 47.0 Å². The molecule has 2 unspecified atom stereocenters. The summed E-state index contributed by atoms with van der Waals surface area (Å²) in [6.45, 7) is 0.788. The quantitative estimate of drug-likeness (QED) is 0.680. The van der Waals surface area contributed by atoms with Gasteiger partial charge in [0.15, 0.2) is 0 Å². The smallest absolute Gasteiger partial charge is 0.255 e. The molecule has 1 aliphatic carbocycles. The van der Waals surface area contributed by atoms with Gasteiger partial charge in [0.05, 0.1) is 11.6 Å². The Morgan fingerprint density at radius 2 is 1.78 bits per heavy atom. The van der Waals surface area contributed by atoms with Crippen LogP contribution in [0.2, 0.25) is 0 Å². The largest absolute Gasteiger partial charge is 0.395 e. The molecule has 2 aliphatic heterocycles. The lowest BCUT2D eigenvalue weighted by Gasteiger charge is -2.33. The number of halogens is 1. The number of hydrogen-bond donors (Lipinski definition) is 1. The van der Waals surface area contributed by atoms with Crippen LogP contribution >= 0.6 is 15.9 Å². The van der Waals surface area contributed by atoms with Crippen LogP contribution in [0.5, 0.6) is 0 Å². The minimum atomic E-state index is -0.717. The fourth-order valence-electron chi connectivity index (χ4n) is 4.99. The van der Waals surface area contributed by atoms with Gasteiger partial charge in [-0.05, 0) is 36.6 Å². The molecule has 0 saturated heterocycles. The molecule has 0 aromatic heterocycles. The van der Waals surface area contributed by atoms with Gasteiger partial charge in [-0.15, -0.1) is 0 Å². The molecule has 1 saturated carbocycles. The van der Waals surface area contributed by atoms with E-state index in [1.165, 1.54) is 6.42 Å². The van der Waals surface area contributed by atoms with Crippen molar-refractivity contribution in [3.05, 3.63) is 69.7 Å². The topological polar surface area (TPSA) is 71.0 Å². The molecule has 2 aromatic rings. The number of carbonyl (C=O) groups is 2. The Balaban J connectivity index is 1.54. The highest BCUT2D eigenvalue weighted by molar-refractivity contribution is 9.10. The summed E-state index contributed by atoms with van der Waals surface area (Å²) in [5, 5.41) is 7.49. The van der Waals surface area contributed by atoms with Gasteiger partial charge in [0.25, 0.3) is 5.91 Å². The molecule has 166 valence electrons. The number of oxime groups is 1. The van der Waals surface area contributed by atoms with Crippen LogP contribution in [-0.4, -0.2) is 41.6 Å². The molecule has 2 amide bonds. The number of rotatable bonds is 4. The van der Waals surface area contributed by atoms with Crippen molar-refractivity contribution in [2.24, 2.45) is 11.1 Å². The van der Waals surface area contributed by atoms with Crippen LogP contribution in [0.3, 0.4) is 0 Å². The number of benzene rings is 2. The van der Waals surface area contributed by atoms with Gasteiger partial charge in [-0.3, -0.25) is 9.59 Å². The summed E-state index contributed by atoms with van der Waals surface area (Å²) in [5.41, 5.74) is 2.95. The molecular weight excluding hydrogens is 470 g/mol. The van der Waals surface area contributed by atoms with Crippen molar-refractivity contribution in [1.82, 2.24) is 10.2 Å². The van der Waals surface area contributed by atoms with Crippen LogP contribution in [-0.2, 0) is 9.63 Å². The van der Waals surface area contributed by atoms with E-state index in [4.69, 9.17) is 4.84 Å². The highest BCUT2D eigenvalue weighted by Gasteiger charge is 2.41. The third-order valence-corrected chi connectivity index (χ3v) is 7.16. The number of fused-ring (bicyclic) bond motifs is 3. The van der Waals surface area contributed by atoms with Crippen LogP contribution in [0.15, 0.2) is 58.2 Å². The fourth-order valence-corrected chi connectivity index (χ4v) is 5.26. The molecule has 2 heterocycles. The lowest BCUT2D eigenvalue weighted by molar-refractivity contribution is -0.127. The average molecular weight is 496 g/mol. The Hall–Kier alpha value is -2.67. The minimum absolute atomic E-state index is 0.0666. The summed E-state index contributed by atoms with van der Waals surface area (Å²) in [6, 6.07) is 14.6. The van der Waals surface area contributed by atoms with Gasteiger partial charge in [-0.25, -0.2) is 0 Å². The Labute approximate surface area is 196 Å². The molecule has 6 nitrogen and oxygen atoms in total. The van der Waals surface area contributed by atoms with Gasteiger partial charge < -0.3 is 15.1 Å². The zero-order valence-electron chi connectivity index (χ0n) is 17.8. The first-order valence-corrected chi connectivity index (χ1v) is 12.1. The normalized spacial score (nSPS) is 21.7. The fraction of sp³-hybridized carbons (Fsp3) is 0.400. The van der Waals surface area contributed by atoms with Crippen molar-refractivity contribution < 1.29 is 14.4 Å². The van der Waals surface area contributed by atoms with Gasteiger partial charge in [0, 0.05) is 28.2 Å². The van der Waals surface area contributed by atoms with Crippen LogP contribution in [0.25, 0.3) is 0 Å². The van der Waals surface area contributed by atoms with E-state index in [2.05, 4.69) is 26.4 Å². The summed E-state index contributed by atoms with van der Waals surface area (Å²) in [6.07, 6.45) is 5.45. The number of carbonyl (C=O) groups excluding carboxylic acids is 2. The van der Waals surface area contributed by atoms with Crippen molar-refractivity contribution in [3.8, 4) is 0 Å². The van der Waals surface area contributed by atoms with Crippen LogP contribution in [0.1, 0.15) is 59.6 Å². The minimum Gasteiger partial charge on any atom is -0.395 e. The lowest BCUT2D eigenvalue weighted by Crippen LogP contribution is -2.48. The Morgan fingerprint density at radius 3 is 2.53 bits per heavy atom.